The van der Waals surface area contributed by atoms with E-state index in [1.807, 2.05) is 5.53 Å². The highest BCUT2D eigenvalue weighted by atomic mass is 32.2. The van der Waals surface area contributed by atoms with Gasteiger partial charge in [-0.2, -0.15) is 0 Å². The number of sulfonamides is 2. The fourth-order valence-corrected chi connectivity index (χ4v) is 6.18. The Bertz CT molecular complexity index is 1450. The molecule has 0 bridgehead atoms. The number of para-hydroxylation sites is 1. The summed E-state index contributed by atoms with van der Waals surface area (Å²) in [4.78, 5) is 5.69. The molecular weight excluding hydrogens is 472 g/mol. The molecule has 3 aromatic rings. The number of primary sulfonamides is 1. The first kappa shape index (κ1) is 24.4. The summed E-state index contributed by atoms with van der Waals surface area (Å²) < 4.78 is 53.7. The summed E-state index contributed by atoms with van der Waals surface area (Å²) in [5, 5.41) is 9.12. The Morgan fingerprint density at radius 3 is 2.48 bits per heavy atom. The Labute approximate surface area is 189 Å². The van der Waals surface area contributed by atoms with Gasteiger partial charge in [0, 0.05) is 23.7 Å². The highest BCUT2D eigenvalue weighted by molar-refractivity contribution is 7.92. The molecule has 0 amide bonds. The lowest BCUT2D eigenvalue weighted by Crippen LogP contribution is -2.39. The predicted molar refractivity (Wildman–Crippen MR) is 124 cm³/mol. The molecule has 0 saturated heterocycles. The summed E-state index contributed by atoms with van der Waals surface area (Å²) in [7, 11) is -9.05. The maximum Gasteiger partial charge on any atom is 0.242 e. The van der Waals surface area contributed by atoms with Crippen molar-refractivity contribution in [2.45, 2.75) is 22.8 Å². The summed E-state index contributed by atoms with van der Waals surface area (Å²) in [6, 6.07) is 6.77. The number of nitrogens with one attached hydrogen (secondary N) is 3. The van der Waals surface area contributed by atoms with E-state index < -0.39 is 41.7 Å². The first-order valence-electron chi connectivity index (χ1n) is 9.36. The molecule has 16 heteroatoms. The van der Waals surface area contributed by atoms with Crippen molar-refractivity contribution in [3.05, 3.63) is 35.9 Å². The number of hydrogen-bond acceptors (Lipinski definition) is 10. The minimum absolute atomic E-state index is 0.0296. The summed E-state index contributed by atoms with van der Waals surface area (Å²) in [6.07, 6.45) is 0. The molecule has 1 heterocycles. The second-order valence-corrected chi connectivity index (χ2v) is 10.2. The maximum atomic E-state index is 13.0. The number of anilines is 1. The van der Waals surface area contributed by atoms with Gasteiger partial charge in [0.15, 0.2) is 11.8 Å². The Kier molecular flexibility index (Phi) is 6.59. The summed E-state index contributed by atoms with van der Waals surface area (Å²) in [5.41, 5.74) is 20.5. The quantitative estimate of drug-likeness (QED) is 0.0747. The number of nitrogens with two attached hydrogens (primary N) is 5. The molecule has 14 nitrogen and oxygen atoms in total. The number of hydrogen-bond donors (Lipinski definition) is 8. The number of imidazole rings is 1. The summed E-state index contributed by atoms with van der Waals surface area (Å²) >= 11 is 0. The van der Waals surface area contributed by atoms with Crippen LogP contribution < -0.4 is 38.4 Å². The van der Waals surface area contributed by atoms with Gasteiger partial charge in [-0.05, 0) is 24.6 Å². The second kappa shape index (κ2) is 8.93. The number of benzene rings is 2. The molecule has 3 rings (SSSR count). The van der Waals surface area contributed by atoms with Gasteiger partial charge in [-0.15, -0.1) is 5.10 Å². The fraction of sp³-hybridized carbons (Fsp3) is 0.176. The van der Waals surface area contributed by atoms with E-state index in [4.69, 9.17) is 28.2 Å². The third-order valence-corrected chi connectivity index (χ3v) is 7.42. The fourth-order valence-electron chi connectivity index (χ4n) is 3.31. The van der Waals surface area contributed by atoms with E-state index in [0.717, 1.165) is 6.07 Å². The molecule has 1 aromatic heterocycles. The molecule has 33 heavy (non-hydrogen) atoms. The van der Waals surface area contributed by atoms with Gasteiger partial charge in [0.1, 0.15) is 9.79 Å². The van der Waals surface area contributed by atoms with Crippen LogP contribution in [-0.2, 0) is 20.0 Å². The van der Waals surface area contributed by atoms with Gasteiger partial charge >= 0.3 is 0 Å². The minimum Gasteiger partial charge on any atom is -0.382 e. The first-order chi connectivity index (χ1) is 15.4. The van der Waals surface area contributed by atoms with Crippen molar-refractivity contribution in [3.8, 4) is 11.1 Å². The number of hydrazine groups is 1. The molecule has 0 aliphatic heterocycles. The number of aromatic nitrogens is 2. The normalized spacial score (nSPS) is 13.9. The number of nitrogen functional groups attached to an aromatic ring is 1. The Morgan fingerprint density at radius 2 is 1.88 bits per heavy atom. The van der Waals surface area contributed by atoms with Crippen LogP contribution in [0.2, 0.25) is 0 Å². The molecule has 2 aromatic carbocycles. The molecule has 0 fully saturated rings. The van der Waals surface area contributed by atoms with E-state index in [2.05, 4.69) is 19.8 Å². The van der Waals surface area contributed by atoms with Crippen LogP contribution in [0.3, 0.4) is 0 Å². The minimum atomic E-state index is -4.66. The van der Waals surface area contributed by atoms with E-state index in [1.165, 1.54) is 13.0 Å². The van der Waals surface area contributed by atoms with Crippen molar-refractivity contribution in [3.63, 3.8) is 0 Å². The SMILES string of the molecule is CC(CN)NS(=O)(=O)c1ccc(-c2cccc3[nH]c(N)nc23)c(/C(N)=N/NN)c1S(N)(=O)=O. The Balaban J connectivity index is 2.48. The monoisotopic (exact) mass is 496 g/mol. The van der Waals surface area contributed by atoms with Crippen molar-refractivity contribution in [2.75, 3.05) is 12.3 Å². The lowest BCUT2D eigenvalue weighted by molar-refractivity contribution is 0.557. The van der Waals surface area contributed by atoms with E-state index in [0.29, 0.717) is 16.6 Å². The van der Waals surface area contributed by atoms with Crippen molar-refractivity contribution in [1.29, 1.82) is 0 Å². The van der Waals surface area contributed by atoms with E-state index >= 15 is 0 Å². The average molecular weight is 497 g/mol. The third-order valence-electron chi connectivity index (χ3n) is 4.67. The second-order valence-electron chi connectivity index (χ2n) is 7.07. The molecule has 0 aliphatic rings. The van der Waals surface area contributed by atoms with Gasteiger partial charge in [0.25, 0.3) is 0 Å². The zero-order chi connectivity index (χ0) is 24.6. The van der Waals surface area contributed by atoms with E-state index in [1.54, 1.807) is 18.2 Å². The zero-order valence-electron chi connectivity index (χ0n) is 17.4. The highest BCUT2D eigenvalue weighted by Crippen LogP contribution is 2.36. The number of hydrazone groups is 1. The third kappa shape index (κ3) is 4.75. The number of H-pyrrole nitrogens is 1. The van der Waals surface area contributed by atoms with Gasteiger partial charge in [0.05, 0.1) is 11.0 Å². The average Bonchev–Trinajstić information content (AvgIpc) is 3.12. The van der Waals surface area contributed by atoms with Crippen LogP contribution in [0.5, 0.6) is 0 Å². The standard InChI is InChI=1S/C17H24N10O4S2/c1-8(7-18)26-33(30,31)12-6-5-9(10-3-2-4-11-14(10)24-17(20)23-11)13(16(19)25-27-21)15(12)32(22,28)29/h2-6,8,26-27H,7,18,21H2,1H3,(H2,19,25)(H3,20,23,24)(H2,22,28,29). The van der Waals surface area contributed by atoms with Crippen LogP contribution in [0.25, 0.3) is 22.2 Å². The number of fused-ring (bicyclic) bond motifs is 1. The van der Waals surface area contributed by atoms with Crippen LogP contribution in [0.1, 0.15) is 12.5 Å². The van der Waals surface area contributed by atoms with Crippen LogP contribution in [-0.4, -0.2) is 45.2 Å². The molecule has 178 valence electrons. The van der Waals surface area contributed by atoms with Gasteiger partial charge in [-0.25, -0.2) is 43.1 Å². The van der Waals surface area contributed by atoms with Crippen molar-refractivity contribution >= 4 is 42.9 Å². The molecule has 1 unspecified atom stereocenters. The number of amidine groups is 1. The summed E-state index contributed by atoms with van der Waals surface area (Å²) in [6.45, 7) is 1.48. The molecule has 0 spiro atoms. The summed E-state index contributed by atoms with van der Waals surface area (Å²) in [5.74, 6) is 4.93. The molecule has 0 saturated carbocycles. The van der Waals surface area contributed by atoms with Gasteiger partial charge in [0.2, 0.25) is 20.0 Å². The van der Waals surface area contributed by atoms with Crippen molar-refractivity contribution < 1.29 is 16.8 Å². The Hall–Kier alpha value is -3.28. The van der Waals surface area contributed by atoms with Crippen LogP contribution in [0, 0.1) is 0 Å². The van der Waals surface area contributed by atoms with Crippen LogP contribution in [0.15, 0.2) is 45.2 Å². The lowest BCUT2D eigenvalue weighted by atomic mass is 9.97. The highest BCUT2D eigenvalue weighted by Gasteiger charge is 2.32. The first-order valence-corrected chi connectivity index (χ1v) is 12.4. The smallest absolute Gasteiger partial charge is 0.242 e. The largest absolute Gasteiger partial charge is 0.382 e. The molecule has 1 atom stereocenters. The van der Waals surface area contributed by atoms with E-state index in [-0.39, 0.29) is 23.6 Å². The van der Waals surface area contributed by atoms with Crippen molar-refractivity contribution in [2.24, 2.45) is 27.6 Å². The van der Waals surface area contributed by atoms with Crippen LogP contribution >= 0.6 is 0 Å². The number of aromatic amines is 1. The zero-order valence-corrected chi connectivity index (χ0v) is 19.0. The van der Waals surface area contributed by atoms with Crippen LogP contribution in [0.4, 0.5) is 5.95 Å². The van der Waals surface area contributed by atoms with Gasteiger partial charge in [-0.1, -0.05) is 18.2 Å². The van der Waals surface area contributed by atoms with Gasteiger partial charge < -0.3 is 22.2 Å². The molecule has 13 N–H and O–H groups in total. The predicted octanol–water partition coefficient (Wildman–Crippen LogP) is -1.83. The van der Waals surface area contributed by atoms with E-state index in [9.17, 15) is 16.8 Å². The number of nitrogens with zero attached hydrogens (tertiary/aromatic N) is 2. The Morgan fingerprint density at radius 1 is 1.18 bits per heavy atom. The molecule has 0 aliphatic carbocycles. The topological polar surface area (TPSA) is 263 Å². The number of rotatable bonds is 8. The van der Waals surface area contributed by atoms with Gasteiger partial charge in [-0.3, -0.25) is 0 Å². The van der Waals surface area contributed by atoms with Crippen molar-refractivity contribution in [1.82, 2.24) is 20.2 Å². The maximum absolute atomic E-state index is 13.0. The molecule has 0 radical (unpaired) electrons. The lowest BCUT2D eigenvalue weighted by Gasteiger charge is -2.19. The molecular formula is C17H24N10O4S2.